The molecule has 1 saturated heterocycles. The van der Waals surface area contributed by atoms with Crippen molar-refractivity contribution in [2.24, 2.45) is 0 Å². The molecule has 1 aromatic heterocycles. The molecule has 1 fully saturated rings. The van der Waals surface area contributed by atoms with Crippen molar-refractivity contribution in [3.05, 3.63) is 47.1 Å². The molecule has 2 N–H and O–H groups in total. The number of benzene rings is 1. The molecule has 0 spiro atoms. The van der Waals surface area contributed by atoms with Gasteiger partial charge in [0.15, 0.2) is 0 Å². The van der Waals surface area contributed by atoms with Crippen molar-refractivity contribution in [2.75, 3.05) is 18.5 Å². The van der Waals surface area contributed by atoms with Crippen LogP contribution in [0.2, 0.25) is 5.02 Å². The fraction of sp³-hybridized carbons (Fsp3) is 0.294. The van der Waals surface area contributed by atoms with E-state index in [4.69, 9.17) is 21.1 Å². The molecular weight excluding hydrogens is 332 g/mol. The van der Waals surface area contributed by atoms with Gasteiger partial charge in [0.05, 0.1) is 24.5 Å². The number of nitrogens with one attached hydrogen (secondary N) is 1. The first-order valence-corrected chi connectivity index (χ1v) is 8.00. The molecule has 1 aliphatic rings. The van der Waals surface area contributed by atoms with Crippen LogP contribution >= 0.6 is 11.6 Å². The smallest absolute Gasteiger partial charge is 0.257 e. The van der Waals surface area contributed by atoms with Gasteiger partial charge >= 0.3 is 0 Å². The largest absolute Gasteiger partial charge is 0.506 e. The molecule has 126 valence electrons. The lowest BCUT2D eigenvalue weighted by molar-refractivity contribution is 0.0237. The molecule has 3 rings (SSSR count). The van der Waals surface area contributed by atoms with Gasteiger partial charge < -0.3 is 19.9 Å². The topological polar surface area (TPSA) is 80.7 Å². The third-order valence-electron chi connectivity index (χ3n) is 3.66. The van der Waals surface area contributed by atoms with E-state index in [1.807, 2.05) is 0 Å². The van der Waals surface area contributed by atoms with Crippen LogP contribution in [-0.2, 0) is 4.74 Å². The number of rotatable bonds is 4. The first-order chi connectivity index (χ1) is 11.6. The maximum atomic E-state index is 12.2. The lowest BCUT2D eigenvalue weighted by Gasteiger charge is -2.22. The van der Waals surface area contributed by atoms with Crippen LogP contribution in [0.4, 0.5) is 5.69 Å². The van der Waals surface area contributed by atoms with Gasteiger partial charge in [0.25, 0.3) is 5.91 Å². The summed E-state index contributed by atoms with van der Waals surface area (Å²) in [7, 11) is 0. The van der Waals surface area contributed by atoms with E-state index >= 15 is 0 Å². The Hall–Kier alpha value is -2.31. The molecule has 1 aliphatic heterocycles. The number of ether oxygens (including phenoxy) is 2. The van der Waals surface area contributed by atoms with Crippen molar-refractivity contribution in [1.82, 2.24) is 4.98 Å². The number of halogens is 1. The van der Waals surface area contributed by atoms with Gasteiger partial charge in [-0.15, -0.1) is 0 Å². The molecular formula is C17H17ClN2O4. The van der Waals surface area contributed by atoms with Gasteiger partial charge in [-0.2, -0.15) is 0 Å². The fourth-order valence-corrected chi connectivity index (χ4v) is 2.52. The number of hydrogen-bond donors (Lipinski definition) is 2. The second-order valence-electron chi connectivity index (χ2n) is 5.43. The molecule has 2 heterocycles. The lowest BCUT2D eigenvalue weighted by Crippen LogP contribution is -2.26. The average Bonchev–Trinajstić information content (AvgIpc) is 2.60. The number of carbonyl (C=O) groups is 1. The normalized spacial score (nSPS) is 15.0. The lowest BCUT2D eigenvalue weighted by atomic mass is 10.1. The number of phenols is 1. The highest BCUT2D eigenvalue weighted by atomic mass is 35.5. The summed E-state index contributed by atoms with van der Waals surface area (Å²) in [6, 6.07) is 7.71. The summed E-state index contributed by atoms with van der Waals surface area (Å²) >= 11 is 5.86. The van der Waals surface area contributed by atoms with E-state index in [2.05, 4.69) is 10.3 Å². The molecule has 0 radical (unpaired) electrons. The molecule has 1 aromatic carbocycles. The Morgan fingerprint density at radius 2 is 2.08 bits per heavy atom. The van der Waals surface area contributed by atoms with Crippen LogP contribution in [0.25, 0.3) is 0 Å². The molecule has 2 aromatic rings. The van der Waals surface area contributed by atoms with E-state index in [9.17, 15) is 9.90 Å². The Labute approximate surface area is 144 Å². The van der Waals surface area contributed by atoms with Crippen molar-refractivity contribution < 1.29 is 19.4 Å². The quantitative estimate of drug-likeness (QED) is 0.829. The van der Waals surface area contributed by atoms with Crippen molar-refractivity contribution in [3.8, 4) is 11.6 Å². The number of hydrogen-bond acceptors (Lipinski definition) is 5. The predicted octanol–water partition coefficient (Wildman–Crippen LogP) is 3.25. The minimum atomic E-state index is -0.391. The summed E-state index contributed by atoms with van der Waals surface area (Å²) in [6.07, 6.45) is 3.19. The summed E-state index contributed by atoms with van der Waals surface area (Å²) in [4.78, 5) is 16.4. The SMILES string of the molecule is O=C(Nc1cc(Cl)ccc1O)c1ccc(OC2CCOCC2)nc1. The number of nitrogens with zero attached hydrogens (tertiary/aromatic N) is 1. The van der Waals surface area contributed by atoms with Gasteiger partial charge in [0.2, 0.25) is 5.88 Å². The third kappa shape index (κ3) is 4.15. The van der Waals surface area contributed by atoms with Crippen LogP contribution in [-0.4, -0.2) is 35.3 Å². The molecule has 7 heteroatoms. The molecule has 6 nitrogen and oxygen atoms in total. The highest BCUT2D eigenvalue weighted by Gasteiger charge is 2.16. The molecule has 1 amide bonds. The van der Waals surface area contributed by atoms with Gasteiger partial charge in [-0.25, -0.2) is 4.98 Å². The average molecular weight is 349 g/mol. The van der Waals surface area contributed by atoms with Gasteiger partial charge in [0.1, 0.15) is 11.9 Å². The number of carbonyl (C=O) groups excluding carboxylic acids is 1. The summed E-state index contributed by atoms with van der Waals surface area (Å²) in [6.45, 7) is 1.38. The van der Waals surface area contributed by atoms with Gasteiger partial charge in [-0.05, 0) is 24.3 Å². The monoisotopic (exact) mass is 348 g/mol. The minimum Gasteiger partial charge on any atom is -0.506 e. The zero-order valence-corrected chi connectivity index (χ0v) is 13.6. The molecule has 0 atom stereocenters. The number of phenolic OH excluding ortho intramolecular Hbond substituents is 1. The van der Waals surface area contributed by atoms with E-state index in [1.54, 1.807) is 12.1 Å². The highest BCUT2D eigenvalue weighted by Crippen LogP contribution is 2.27. The predicted molar refractivity (Wildman–Crippen MR) is 89.8 cm³/mol. The second kappa shape index (κ2) is 7.51. The maximum absolute atomic E-state index is 12.2. The molecule has 0 unspecified atom stereocenters. The maximum Gasteiger partial charge on any atom is 0.257 e. The molecule has 0 saturated carbocycles. The van der Waals surface area contributed by atoms with E-state index in [0.717, 1.165) is 12.8 Å². The second-order valence-corrected chi connectivity index (χ2v) is 5.87. The summed E-state index contributed by atoms with van der Waals surface area (Å²) in [5.74, 6) is 0.0296. The zero-order chi connectivity index (χ0) is 16.9. The minimum absolute atomic E-state index is 0.0554. The Balaban J connectivity index is 1.64. The van der Waals surface area contributed by atoms with Crippen LogP contribution < -0.4 is 10.1 Å². The van der Waals surface area contributed by atoms with Crippen LogP contribution in [0.1, 0.15) is 23.2 Å². The van der Waals surface area contributed by atoms with Crippen LogP contribution in [0.5, 0.6) is 11.6 Å². The van der Waals surface area contributed by atoms with Crippen LogP contribution in [0.3, 0.4) is 0 Å². The molecule has 0 bridgehead atoms. The van der Waals surface area contributed by atoms with Gasteiger partial charge in [-0.1, -0.05) is 11.6 Å². The highest BCUT2D eigenvalue weighted by molar-refractivity contribution is 6.31. The first kappa shape index (κ1) is 16.5. The molecule has 0 aliphatic carbocycles. The summed E-state index contributed by atoms with van der Waals surface area (Å²) in [5.41, 5.74) is 0.601. The van der Waals surface area contributed by atoms with E-state index in [-0.39, 0.29) is 17.5 Å². The van der Waals surface area contributed by atoms with Crippen LogP contribution in [0, 0.1) is 0 Å². The standard InChI is InChI=1S/C17H17ClN2O4/c18-12-2-3-15(21)14(9-12)20-17(22)11-1-4-16(19-10-11)24-13-5-7-23-8-6-13/h1-4,9-10,13,21H,5-8H2,(H,20,22). The Bertz CT molecular complexity index is 715. The Morgan fingerprint density at radius 3 is 2.79 bits per heavy atom. The van der Waals surface area contributed by atoms with Gasteiger partial charge in [0, 0.05) is 30.1 Å². The van der Waals surface area contributed by atoms with E-state index < -0.39 is 5.91 Å². The third-order valence-corrected chi connectivity index (χ3v) is 3.90. The van der Waals surface area contributed by atoms with Crippen LogP contribution in [0.15, 0.2) is 36.5 Å². The van der Waals surface area contributed by atoms with E-state index in [0.29, 0.717) is 29.7 Å². The first-order valence-electron chi connectivity index (χ1n) is 7.62. The summed E-state index contributed by atoms with van der Waals surface area (Å²) in [5, 5.41) is 12.8. The number of pyridine rings is 1. The fourth-order valence-electron chi connectivity index (χ4n) is 2.35. The van der Waals surface area contributed by atoms with Gasteiger partial charge in [-0.3, -0.25) is 4.79 Å². The Morgan fingerprint density at radius 1 is 1.29 bits per heavy atom. The number of amides is 1. The van der Waals surface area contributed by atoms with Crippen molar-refractivity contribution in [2.45, 2.75) is 18.9 Å². The van der Waals surface area contributed by atoms with Crippen molar-refractivity contribution in [3.63, 3.8) is 0 Å². The number of anilines is 1. The van der Waals surface area contributed by atoms with E-state index in [1.165, 1.54) is 24.4 Å². The molecule has 24 heavy (non-hydrogen) atoms. The number of aromatic nitrogens is 1. The number of aromatic hydroxyl groups is 1. The zero-order valence-electron chi connectivity index (χ0n) is 12.9. The van der Waals surface area contributed by atoms with Crippen molar-refractivity contribution >= 4 is 23.2 Å². The Kier molecular flexibility index (Phi) is 5.17. The van der Waals surface area contributed by atoms with Crippen molar-refractivity contribution in [1.29, 1.82) is 0 Å². The summed E-state index contributed by atoms with van der Waals surface area (Å²) < 4.78 is 11.0.